The number of methoxy groups -OCH3 is 1. The van der Waals surface area contributed by atoms with Crippen molar-refractivity contribution in [3.05, 3.63) is 35.9 Å². The smallest absolute Gasteiger partial charge is 0.263 e. The zero-order valence-electron chi connectivity index (χ0n) is 15.1. The van der Waals surface area contributed by atoms with Crippen LogP contribution in [-0.2, 0) is 26.0 Å². The quantitative estimate of drug-likeness (QED) is 0.683. The number of anilines is 3. The van der Waals surface area contributed by atoms with Gasteiger partial charge < -0.3 is 15.0 Å². The molecule has 0 fully saturated rings. The van der Waals surface area contributed by atoms with Gasteiger partial charge in [-0.2, -0.15) is 0 Å². The molecule has 0 bridgehead atoms. The number of aromatic nitrogens is 2. The van der Waals surface area contributed by atoms with Crippen LogP contribution in [0.1, 0.15) is 12.5 Å². The third-order valence-corrected chi connectivity index (χ3v) is 5.51. The van der Waals surface area contributed by atoms with Gasteiger partial charge in [-0.05, 0) is 42.3 Å². The Morgan fingerprint density at radius 3 is 2.63 bits per heavy atom. The third-order valence-electron chi connectivity index (χ3n) is 4.15. The van der Waals surface area contributed by atoms with Crippen LogP contribution in [0.3, 0.4) is 0 Å². The van der Waals surface area contributed by atoms with E-state index < -0.39 is 10.0 Å². The molecule has 0 unspecified atom stereocenters. The molecule has 2 heterocycles. The van der Waals surface area contributed by atoms with Crippen LogP contribution in [0.5, 0.6) is 0 Å². The third kappa shape index (κ3) is 4.34. The molecule has 1 aromatic heterocycles. The van der Waals surface area contributed by atoms with Crippen LogP contribution in [0, 0.1) is 0 Å². The fourth-order valence-corrected chi connectivity index (χ4v) is 3.88. The van der Waals surface area contributed by atoms with Crippen LogP contribution in [0.15, 0.2) is 35.2 Å². The SMILES string of the molecule is COCCNc1ccc(NS(=O)(=O)c2ccc3c(c2)CCN3C(C)=O)nn1. The maximum atomic E-state index is 12.6. The second kappa shape index (κ2) is 7.89. The van der Waals surface area contributed by atoms with Gasteiger partial charge in [0.2, 0.25) is 5.91 Å². The molecule has 1 aliphatic heterocycles. The average Bonchev–Trinajstić information content (AvgIpc) is 3.06. The summed E-state index contributed by atoms with van der Waals surface area (Å²) in [7, 11) is -2.20. The lowest BCUT2D eigenvalue weighted by molar-refractivity contribution is -0.116. The Kier molecular flexibility index (Phi) is 5.57. The molecular formula is C17H21N5O4S. The lowest BCUT2D eigenvalue weighted by atomic mass is 10.2. The van der Waals surface area contributed by atoms with Gasteiger partial charge in [-0.1, -0.05) is 0 Å². The molecule has 3 rings (SSSR count). The van der Waals surface area contributed by atoms with E-state index in [4.69, 9.17) is 4.74 Å². The Balaban J connectivity index is 1.73. The van der Waals surface area contributed by atoms with Crippen molar-refractivity contribution in [3.63, 3.8) is 0 Å². The van der Waals surface area contributed by atoms with E-state index in [9.17, 15) is 13.2 Å². The summed E-state index contributed by atoms with van der Waals surface area (Å²) in [6.45, 7) is 3.15. The molecular weight excluding hydrogens is 370 g/mol. The van der Waals surface area contributed by atoms with Crippen LogP contribution in [0.2, 0.25) is 0 Å². The number of rotatable bonds is 7. The number of ether oxygens (including phenoxy) is 1. The molecule has 0 aliphatic carbocycles. The zero-order valence-corrected chi connectivity index (χ0v) is 15.9. The lowest BCUT2D eigenvalue weighted by Crippen LogP contribution is -2.25. The Bertz CT molecular complexity index is 931. The summed E-state index contributed by atoms with van der Waals surface area (Å²) in [5.74, 6) is 0.590. The van der Waals surface area contributed by atoms with E-state index in [1.165, 1.54) is 19.1 Å². The molecule has 1 aliphatic rings. The highest BCUT2D eigenvalue weighted by Gasteiger charge is 2.25. The highest BCUT2D eigenvalue weighted by Crippen LogP contribution is 2.30. The van der Waals surface area contributed by atoms with E-state index >= 15 is 0 Å². The summed E-state index contributed by atoms with van der Waals surface area (Å²) in [5, 5.41) is 10.8. The normalized spacial score (nSPS) is 13.3. The number of nitrogens with zero attached hydrogens (tertiary/aromatic N) is 3. The van der Waals surface area contributed by atoms with E-state index in [-0.39, 0.29) is 16.6 Å². The zero-order chi connectivity index (χ0) is 19.4. The minimum atomic E-state index is -3.80. The number of carbonyl (C=O) groups excluding carboxylic acids is 1. The van der Waals surface area contributed by atoms with E-state index in [0.29, 0.717) is 31.9 Å². The second-order valence-corrected chi connectivity index (χ2v) is 7.72. The number of nitrogens with one attached hydrogen (secondary N) is 2. The number of carbonyl (C=O) groups is 1. The summed E-state index contributed by atoms with van der Waals surface area (Å²) in [6, 6.07) is 7.90. The summed E-state index contributed by atoms with van der Waals surface area (Å²) >= 11 is 0. The Labute approximate surface area is 157 Å². The predicted molar refractivity (Wildman–Crippen MR) is 101 cm³/mol. The van der Waals surface area contributed by atoms with Gasteiger partial charge in [0, 0.05) is 32.8 Å². The van der Waals surface area contributed by atoms with Gasteiger partial charge in [-0.3, -0.25) is 9.52 Å². The first-order valence-corrected chi connectivity index (χ1v) is 9.89. The van der Waals surface area contributed by atoms with Crippen molar-refractivity contribution in [3.8, 4) is 0 Å². The van der Waals surface area contributed by atoms with E-state index in [1.807, 2.05) is 0 Å². The summed E-state index contributed by atoms with van der Waals surface area (Å²) in [5.41, 5.74) is 1.59. The second-order valence-electron chi connectivity index (χ2n) is 6.04. The molecule has 0 saturated heterocycles. The van der Waals surface area contributed by atoms with E-state index in [2.05, 4.69) is 20.2 Å². The maximum absolute atomic E-state index is 12.6. The van der Waals surface area contributed by atoms with Crippen molar-refractivity contribution < 1.29 is 17.9 Å². The van der Waals surface area contributed by atoms with Crippen molar-refractivity contribution in [1.29, 1.82) is 0 Å². The van der Waals surface area contributed by atoms with Crippen molar-refractivity contribution in [1.82, 2.24) is 10.2 Å². The number of amides is 1. The number of hydrogen-bond donors (Lipinski definition) is 2. The van der Waals surface area contributed by atoms with Gasteiger partial charge in [0.25, 0.3) is 10.0 Å². The lowest BCUT2D eigenvalue weighted by Gasteiger charge is -2.15. The molecule has 0 radical (unpaired) electrons. The monoisotopic (exact) mass is 391 g/mol. The molecule has 10 heteroatoms. The summed E-state index contributed by atoms with van der Waals surface area (Å²) < 4.78 is 32.6. The van der Waals surface area contributed by atoms with Gasteiger partial charge in [0.15, 0.2) is 5.82 Å². The Morgan fingerprint density at radius 2 is 1.96 bits per heavy atom. The van der Waals surface area contributed by atoms with Gasteiger partial charge in [0.1, 0.15) is 5.82 Å². The molecule has 9 nitrogen and oxygen atoms in total. The average molecular weight is 391 g/mol. The van der Waals surface area contributed by atoms with Crippen molar-refractivity contribution >= 4 is 33.3 Å². The van der Waals surface area contributed by atoms with Crippen LogP contribution >= 0.6 is 0 Å². The molecule has 0 atom stereocenters. The fraction of sp³-hybridized carbons (Fsp3) is 0.353. The molecule has 27 heavy (non-hydrogen) atoms. The number of fused-ring (bicyclic) bond motifs is 1. The number of hydrogen-bond acceptors (Lipinski definition) is 7. The van der Waals surface area contributed by atoms with Gasteiger partial charge in [-0.15, -0.1) is 10.2 Å². The molecule has 1 aromatic carbocycles. The van der Waals surface area contributed by atoms with Gasteiger partial charge in [0.05, 0.1) is 11.5 Å². The van der Waals surface area contributed by atoms with E-state index in [0.717, 1.165) is 11.3 Å². The molecule has 1 amide bonds. The molecule has 2 N–H and O–H groups in total. The summed E-state index contributed by atoms with van der Waals surface area (Å²) in [6.07, 6.45) is 0.625. The molecule has 0 saturated carbocycles. The molecule has 144 valence electrons. The number of sulfonamides is 1. The van der Waals surface area contributed by atoms with E-state index in [1.54, 1.807) is 30.2 Å². The van der Waals surface area contributed by atoms with Crippen LogP contribution < -0.4 is 14.9 Å². The molecule has 0 spiro atoms. The van der Waals surface area contributed by atoms with Gasteiger partial charge in [-0.25, -0.2) is 8.42 Å². The maximum Gasteiger partial charge on any atom is 0.263 e. The van der Waals surface area contributed by atoms with Crippen molar-refractivity contribution in [2.45, 2.75) is 18.2 Å². The van der Waals surface area contributed by atoms with Gasteiger partial charge >= 0.3 is 0 Å². The summed E-state index contributed by atoms with van der Waals surface area (Å²) in [4.78, 5) is 13.4. The van der Waals surface area contributed by atoms with Crippen LogP contribution in [0.25, 0.3) is 0 Å². The Hall–Kier alpha value is -2.72. The van der Waals surface area contributed by atoms with Crippen molar-refractivity contribution in [2.24, 2.45) is 0 Å². The Morgan fingerprint density at radius 1 is 1.22 bits per heavy atom. The first-order valence-electron chi connectivity index (χ1n) is 8.41. The first-order chi connectivity index (χ1) is 12.9. The van der Waals surface area contributed by atoms with Crippen LogP contribution in [0.4, 0.5) is 17.3 Å². The topological polar surface area (TPSA) is 114 Å². The minimum absolute atomic E-state index is 0.0584. The standard InChI is InChI=1S/C17H21N5O4S/c1-12(23)22-9-7-13-11-14(3-4-15(13)22)27(24,25)21-17-6-5-16(19-20-17)18-8-10-26-2/h3-6,11H,7-10H2,1-2H3,(H,18,19)(H,20,21). The highest BCUT2D eigenvalue weighted by atomic mass is 32.2. The number of benzene rings is 1. The minimum Gasteiger partial charge on any atom is -0.383 e. The molecule has 2 aromatic rings. The van der Waals surface area contributed by atoms with Crippen molar-refractivity contribution in [2.75, 3.05) is 41.7 Å². The highest BCUT2D eigenvalue weighted by molar-refractivity contribution is 7.92. The fourth-order valence-electron chi connectivity index (χ4n) is 2.83. The largest absolute Gasteiger partial charge is 0.383 e. The van der Waals surface area contributed by atoms with Crippen LogP contribution in [-0.4, -0.2) is 51.3 Å². The first kappa shape index (κ1) is 19.1. The predicted octanol–water partition coefficient (Wildman–Crippen LogP) is 1.24.